The summed E-state index contributed by atoms with van der Waals surface area (Å²) in [4.78, 5) is 43.6. The van der Waals surface area contributed by atoms with Gasteiger partial charge in [-0.05, 0) is 61.4 Å². The maximum absolute atomic E-state index is 12.7. The van der Waals surface area contributed by atoms with Gasteiger partial charge >= 0.3 is 0 Å². The van der Waals surface area contributed by atoms with Crippen LogP contribution in [0.2, 0.25) is 0 Å². The van der Waals surface area contributed by atoms with E-state index in [1.54, 1.807) is 37.4 Å². The van der Waals surface area contributed by atoms with Crippen molar-refractivity contribution in [1.82, 2.24) is 14.3 Å². The van der Waals surface area contributed by atoms with Crippen molar-refractivity contribution in [2.24, 2.45) is 0 Å². The molecule has 0 spiro atoms. The highest BCUT2D eigenvalue weighted by atomic mass is 16.5. The first kappa shape index (κ1) is 22.3. The fraction of sp³-hybridized carbons (Fsp3) is 0.185. The lowest BCUT2D eigenvalue weighted by Gasteiger charge is -2.14. The van der Waals surface area contributed by atoms with Gasteiger partial charge in [0.25, 0.3) is 11.8 Å². The summed E-state index contributed by atoms with van der Waals surface area (Å²) >= 11 is 0. The molecule has 1 N–H and O–H groups in total. The lowest BCUT2D eigenvalue weighted by Crippen LogP contribution is -2.31. The summed E-state index contributed by atoms with van der Waals surface area (Å²) in [6.45, 7) is 2.20. The molecule has 0 radical (unpaired) electrons. The minimum absolute atomic E-state index is 0.147. The summed E-state index contributed by atoms with van der Waals surface area (Å²) in [7, 11) is 1.54. The number of benzene rings is 2. The highest BCUT2D eigenvalue weighted by molar-refractivity contribution is 6.21. The van der Waals surface area contributed by atoms with Crippen LogP contribution in [0.1, 0.15) is 39.1 Å². The minimum Gasteiger partial charge on any atom is -0.495 e. The van der Waals surface area contributed by atoms with Gasteiger partial charge in [-0.25, -0.2) is 4.98 Å². The average molecular weight is 469 g/mol. The van der Waals surface area contributed by atoms with Crippen molar-refractivity contribution >= 4 is 29.1 Å². The first-order valence-corrected chi connectivity index (χ1v) is 11.3. The zero-order valence-corrected chi connectivity index (χ0v) is 19.4. The van der Waals surface area contributed by atoms with Crippen LogP contribution in [0.5, 0.6) is 5.75 Å². The van der Waals surface area contributed by atoms with Crippen molar-refractivity contribution in [3.05, 3.63) is 83.7 Å². The molecular formula is C27H24N4O4. The predicted octanol–water partition coefficient (Wildman–Crippen LogP) is 4.33. The summed E-state index contributed by atoms with van der Waals surface area (Å²) in [6, 6.07) is 16.3. The molecule has 3 amide bonds. The Hall–Kier alpha value is -4.46. The topological polar surface area (TPSA) is 93.0 Å². The maximum Gasteiger partial charge on any atom is 0.261 e. The Bertz CT molecular complexity index is 1440. The third-order valence-electron chi connectivity index (χ3n) is 6.05. The Morgan fingerprint density at radius 1 is 1.03 bits per heavy atom. The van der Waals surface area contributed by atoms with Gasteiger partial charge in [0.05, 0.1) is 29.6 Å². The number of aromatic nitrogens is 2. The monoisotopic (exact) mass is 468 g/mol. The highest BCUT2D eigenvalue weighted by Crippen LogP contribution is 2.31. The first-order valence-electron chi connectivity index (χ1n) is 11.3. The molecule has 1 aliphatic rings. The molecule has 176 valence electrons. The van der Waals surface area contributed by atoms with Crippen molar-refractivity contribution in [1.29, 1.82) is 0 Å². The molecule has 0 fully saturated rings. The fourth-order valence-electron chi connectivity index (χ4n) is 4.24. The number of hydrogen-bond donors (Lipinski definition) is 1. The smallest absolute Gasteiger partial charge is 0.261 e. The number of carbonyl (C=O) groups is 3. The normalized spacial score (nSPS) is 12.8. The molecule has 0 bridgehead atoms. The van der Waals surface area contributed by atoms with Crippen molar-refractivity contribution in [2.45, 2.75) is 19.8 Å². The summed E-state index contributed by atoms with van der Waals surface area (Å²) < 4.78 is 7.37. The van der Waals surface area contributed by atoms with Gasteiger partial charge in [0.1, 0.15) is 11.4 Å². The highest BCUT2D eigenvalue weighted by Gasteiger charge is 2.34. The second-order valence-electron chi connectivity index (χ2n) is 8.47. The predicted molar refractivity (Wildman–Crippen MR) is 132 cm³/mol. The molecule has 35 heavy (non-hydrogen) atoms. The molecule has 0 atom stereocenters. The second kappa shape index (κ2) is 9.06. The Balaban J connectivity index is 1.26. The number of carbonyl (C=O) groups excluding carboxylic acids is 3. The van der Waals surface area contributed by atoms with E-state index in [9.17, 15) is 14.4 Å². The Morgan fingerprint density at radius 3 is 2.49 bits per heavy atom. The van der Waals surface area contributed by atoms with Crippen molar-refractivity contribution in [3.63, 3.8) is 0 Å². The minimum atomic E-state index is -0.317. The number of hydrogen-bond acceptors (Lipinski definition) is 5. The number of aryl methyl sites for hydroxylation is 1. The fourth-order valence-corrected chi connectivity index (χ4v) is 4.24. The van der Waals surface area contributed by atoms with E-state index in [2.05, 4.69) is 10.3 Å². The van der Waals surface area contributed by atoms with Gasteiger partial charge in [-0.1, -0.05) is 12.1 Å². The number of methoxy groups -OCH3 is 1. The number of ether oxygens (including phenoxy) is 1. The molecule has 5 rings (SSSR count). The van der Waals surface area contributed by atoms with Gasteiger partial charge in [-0.3, -0.25) is 19.3 Å². The summed E-state index contributed by atoms with van der Waals surface area (Å²) in [5.41, 5.74) is 4.93. The van der Waals surface area contributed by atoms with Crippen LogP contribution >= 0.6 is 0 Å². The van der Waals surface area contributed by atoms with Gasteiger partial charge in [0.2, 0.25) is 5.91 Å². The van der Waals surface area contributed by atoms with E-state index in [0.717, 1.165) is 22.5 Å². The number of pyridine rings is 1. The number of imidazole rings is 1. The van der Waals surface area contributed by atoms with Crippen molar-refractivity contribution in [2.75, 3.05) is 19.0 Å². The summed E-state index contributed by atoms with van der Waals surface area (Å²) in [5, 5.41) is 2.89. The van der Waals surface area contributed by atoms with Crippen LogP contribution in [-0.2, 0) is 4.79 Å². The number of rotatable bonds is 7. The van der Waals surface area contributed by atoms with Crippen molar-refractivity contribution in [3.8, 4) is 17.0 Å². The number of amides is 3. The molecule has 8 nitrogen and oxygen atoms in total. The van der Waals surface area contributed by atoms with Crippen LogP contribution in [-0.4, -0.2) is 45.7 Å². The van der Waals surface area contributed by atoms with Gasteiger partial charge in [-0.2, -0.15) is 0 Å². The number of fused-ring (bicyclic) bond motifs is 2. The average Bonchev–Trinajstić information content (AvgIpc) is 3.38. The lowest BCUT2D eigenvalue weighted by molar-refractivity contribution is -0.116. The van der Waals surface area contributed by atoms with Crippen molar-refractivity contribution < 1.29 is 19.1 Å². The molecule has 2 aromatic carbocycles. The number of anilines is 1. The van der Waals surface area contributed by atoms with E-state index >= 15 is 0 Å². The molecular weight excluding hydrogens is 444 g/mol. The second-order valence-corrected chi connectivity index (χ2v) is 8.47. The first-order chi connectivity index (χ1) is 16.9. The molecule has 1 aliphatic heterocycles. The molecule has 3 heterocycles. The van der Waals surface area contributed by atoms with Crippen LogP contribution in [0.15, 0.2) is 67.0 Å². The van der Waals surface area contributed by atoms with Crippen LogP contribution in [0.4, 0.5) is 5.69 Å². The standard InChI is InChI=1S/C27H24N4O4/c1-17-11-13-30-16-22(28-24(30)14-17)18-9-10-23(35-2)21(15-18)29-25(32)8-5-12-31-26(33)19-6-3-4-7-20(19)27(31)34/h3-4,6-7,9-11,13-16H,5,8,12H2,1-2H3,(H,29,32). The lowest BCUT2D eigenvalue weighted by atomic mass is 10.1. The molecule has 8 heteroatoms. The zero-order chi connectivity index (χ0) is 24.5. The van der Waals surface area contributed by atoms with Gasteiger partial charge in [-0.15, -0.1) is 0 Å². The van der Waals surface area contributed by atoms with Crippen LogP contribution in [0.25, 0.3) is 16.9 Å². The summed E-state index contributed by atoms with van der Waals surface area (Å²) in [5.74, 6) is -0.337. The molecule has 2 aromatic heterocycles. The number of nitrogens with zero attached hydrogens (tertiary/aromatic N) is 3. The Kier molecular flexibility index (Phi) is 5.78. The molecule has 0 saturated heterocycles. The Morgan fingerprint density at radius 2 is 1.77 bits per heavy atom. The van der Waals surface area contributed by atoms with Crippen LogP contribution in [0, 0.1) is 6.92 Å². The van der Waals surface area contributed by atoms with Gasteiger partial charge in [0.15, 0.2) is 0 Å². The van der Waals surface area contributed by atoms with E-state index in [1.807, 2.05) is 48.0 Å². The SMILES string of the molecule is COc1ccc(-c2cn3ccc(C)cc3n2)cc1NC(=O)CCCN1C(=O)c2ccccc2C1=O. The van der Waals surface area contributed by atoms with E-state index in [0.29, 0.717) is 29.0 Å². The largest absolute Gasteiger partial charge is 0.495 e. The van der Waals surface area contributed by atoms with E-state index in [4.69, 9.17) is 4.74 Å². The zero-order valence-electron chi connectivity index (χ0n) is 19.4. The van der Waals surface area contributed by atoms with Crippen LogP contribution in [0.3, 0.4) is 0 Å². The third kappa shape index (κ3) is 4.26. The molecule has 0 unspecified atom stereocenters. The molecule has 0 saturated carbocycles. The Labute approximate surface area is 202 Å². The van der Waals surface area contributed by atoms with E-state index in [-0.39, 0.29) is 30.7 Å². The number of nitrogens with one attached hydrogen (secondary N) is 1. The quantitative estimate of drug-likeness (QED) is 0.408. The maximum atomic E-state index is 12.7. The van der Waals surface area contributed by atoms with E-state index in [1.165, 1.54) is 4.90 Å². The number of imide groups is 1. The third-order valence-corrected chi connectivity index (χ3v) is 6.05. The summed E-state index contributed by atoms with van der Waals surface area (Å²) in [6.07, 6.45) is 4.39. The van der Waals surface area contributed by atoms with Gasteiger partial charge < -0.3 is 14.5 Å². The van der Waals surface area contributed by atoms with Crippen LogP contribution < -0.4 is 10.1 Å². The van der Waals surface area contributed by atoms with E-state index < -0.39 is 0 Å². The van der Waals surface area contributed by atoms with Gasteiger partial charge in [0, 0.05) is 30.9 Å². The molecule has 0 aliphatic carbocycles. The molecule has 4 aromatic rings.